The molecule has 0 saturated carbocycles. The number of nitrogens with one attached hydrogen (secondary N) is 1. The fraction of sp³-hybridized carbons (Fsp3) is 0.489. The van der Waals surface area contributed by atoms with E-state index in [1.807, 2.05) is 43.3 Å². The number of rotatable bonds is 25. The van der Waals surface area contributed by atoms with Crippen molar-refractivity contribution in [3.8, 4) is 22.9 Å². The van der Waals surface area contributed by atoms with Crippen LogP contribution in [0.25, 0.3) is 22.3 Å². The number of carbonyl (C=O) groups is 2. The molecular weight excluding hydrogens is 789 g/mol. The van der Waals surface area contributed by atoms with Gasteiger partial charge in [-0.1, -0.05) is 32.9 Å². The van der Waals surface area contributed by atoms with Gasteiger partial charge in [0.05, 0.1) is 94.2 Å². The molecule has 61 heavy (non-hydrogen) atoms. The first-order valence-corrected chi connectivity index (χ1v) is 20.9. The number of pyridine rings is 2. The molecule has 0 unspecified atom stereocenters. The number of aryl methyl sites for hydroxylation is 1. The number of carbonyl (C=O) groups excluding carboxylic acids is 2. The van der Waals surface area contributed by atoms with Crippen molar-refractivity contribution in [3.05, 3.63) is 86.7 Å². The molecule has 2 aliphatic rings. The summed E-state index contributed by atoms with van der Waals surface area (Å²) in [5.41, 5.74) is 5.97. The lowest BCUT2D eigenvalue weighted by Gasteiger charge is -2.31. The van der Waals surface area contributed by atoms with Gasteiger partial charge in [-0.3, -0.25) is 9.59 Å². The van der Waals surface area contributed by atoms with Gasteiger partial charge in [-0.2, -0.15) is 5.10 Å². The van der Waals surface area contributed by atoms with Crippen LogP contribution in [0.1, 0.15) is 68.4 Å². The first-order valence-electron chi connectivity index (χ1n) is 20.9. The maximum Gasteiger partial charge on any atom is 0.343 e. The number of hydrazone groups is 1. The predicted octanol–water partition coefficient (Wildman–Crippen LogP) is 4.43. The highest BCUT2D eigenvalue weighted by atomic mass is 16.6. The predicted molar refractivity (Wildman–Crippen MR) is 226 cm³/mol. The van der Waals surface area contributed by atoms with E-state index in [1.165, 1.54) is 0 Å². The number of ether oxygens (including phenoxy) is 8. The third kappa shape index (κ3) is 11.2. The topological polar surface area (TPSA) is 187 Å². The molecule has 1 atom stereocenters. The molecule has 2 N–H and O–H groups in total. The summed E-state index contributed by atoms with van der Waals surface area (Å²) in [6, 6.07) is 14.5. The summed E-state index contributed by atoms with van der Waals surface area (Å²) >= 11 is 0. The van der Waals surface area contributed by atoms with Gasteiger partial charge in [0, 0.05) is 28.7 Å². The standard InChI is InChI=1S/C45H56N4O12/c1-5-13-54-14-15-55-16-17-56-18-19-57-20-21-58-22-23-59-32-10-8-9-31(24-32)30(4)47-48-41(50)29-60-33-11-12-39-35(25-33)34(6-2)36-27-49-40(42(36)46-39)26-38-37(43(49)51)28-61-44(52)45(38,53)7-3/h8-12,24-26,53H,5-7,13-23,27-29H2,1-4H3,(H,48,50)/b47-30+/t45-/m0/s1. The molecule has 1 amide bonds. The molecule has 16 nitrogen and oxygen atoms in total. The van der Waals surface area contributed by atoms with Gasteiger partial charge in [0.25, 0.3) is 11.5 Å². The van der Waals surface area contributed by atoms with Crippen molar-refractivity contribution in [2.45, 2.75) is 65.7 Å². The van der Waals surface area contributed by atoms with Crippen molar-refractivity contribution in [3.63, 3.8) is 0 Å². The Morgan fingerprint density at radius 1 is 0.836 bits per heavy atom. The second kappa shape index (κ2) is 22.0. The molecule has 0 aliphatic carbocycles. The Morgan fingerprint density at radius 2 is 1.49 bits per heavy atom. The van der Waals surface area contributed by atoms with E-state index in [-0.39, 0.29) is 42.9 Å². The van der Waals surface area contributed by atoms with Crippen LogP contribution in [0.4, 0.5) is 0 Å². The monoisotopic (exact) mass is 844 g/mol. The summed E-state index contributed by atoms with van der Waals surface area (Å²) in [4.78, 5) is 43.9. The lowest BCUT2D eigenvalue weighted by Crippen LogP contribution is -2.44. The van der Waals surface area contributed by atoms with Gasteiger partial charge in [-0.15, -0.1) is 0 Å². The van der Waals surface area contributed by atoms with Crippen LogP contribution in [-0.4, -0.2) is 112 Å². The van der Waals surface area contributed by atoms with Crippen LogP contribution in [0.5, 0.6) is 11.5 Å². The Kier molecular flexibility index (Phi) is 16.4. The van der Waals surface area contributed by atoms with Gasteiger partial charge >= 0.3 is 5.97 Å². The molecule has 328 valence electrons. The van der Waals surface area contributed by atoms with Gasteiger partial charge in [-0.05, 0) is 68.1 Å². The second-order valence-corrected chi connectivity index (χ2v) is 14.5. The summed E-state index contributed by atoms with van der Waals surface area (Å²) < 4.78 is 46.0. The highest BCUT2D eigenvalue weighted by Crippen LogP contribution is 2.40. The van der Waals surface area contributed by atoms with E-state index in [9.17, 15) is 19.5 Å². The average molecular weight is 845 g/mol. The Labute approximate surface area is 355 Å². The van der Waals surface area contributed by atoms with Crippen molar-refractivity contribution < 1.29 is 52.6 Å². The van der Waals surface area contributed by atoms with E-state index in [0.717, 1.165) is 35.1 Å². The molecule has 2 aromatic carbocycles. The number of fused-ring (bicyclic) bond motifs is 5. The number of esters is 1. The maximum absolute atomic E-state index is 13.7. The van der Waals surface area contributed by atoms with Crippen LogP contribution in [0.2, 0.25) is 0 Å². The Morgan fingerprint density at radius 3 is 2.15 bits per heavy atom. The summed E-state index contributed by atoms with van der Waals surface area (Å²) in [5.74, 6) is -0.0867. The lowest BCUT2D eigenvalue weighted by molar-refractivity contribution is -0.172. The van der Waals surface area contributed by atoms with E-state index in [2.05, 4.69) is 17.5 Å². The van der Waals surface area contributed by atoms with Crippen LogP contribution in [0.3, 0.4) is 0 Å². The van der Waals surface area contributed by atoms with Crippen LogP contribution in [0, 0.1) is 0 Å². The Hall–Kier alpha value is -5.23. The SMILES string of the molecule is CCCOCCOCCOCCOCCOCCOc1cccc(/C(C)=N/NC(=O)COc2ccc3nc4c(c(CC)c3c2)Cn2c-4cc3c(c2=O)COC(=O)[C@]3(O)CC)c1. The molecule has 2 aromatic heterocycles. The maximum atomic E-state index is 13.7. The first-order chi connectivity index (χ1) is 29.7. The van der Waals surface area contributed by atoms with Gasteiger partial charge in [0.2, 0.25) is 0 Å². The molecule has 2 aliphatic heterocycles. The van der Waals surface area contributed by atoms with Gasteiger partial charge in [0.15, 0.2) is 12.2 Å². The zero-order chi connectivity index (χ0) is 43.2. The number of aliphatic hydroxyl groups is 1. The van der Waals surface area contributed by atoms with E-state index in [0.29, 0.717) is 107 Å². The minimum Gasteiger partial charge on any atom is -0.491 e. The summed E-state index contributed by atoms with van der Waals surface area (Å²) in [5, 5.41) is 16.3. The van der Waals surface area contributed by atoms with Crippen molar-refractivity contribution in [1.29, 1.82) is 0 Å². The number of nitrogens with zero attached hydrogens (tertiary/aromatic N) is 3. The molecule has 6 rings (SSSR count). The normalized spacial score (nSPS) is 15.6. The van der Waals surface area contributed by atoms with Crippen molar-refractivity contribution in [1.82, 2.24) is 15.0 Å². The second-order valence-electron chi connectivity index (χ2n) is 14.5. The molecule has 0 radical (unpaired) electrons. The number of benzene rings is 2. The highest BCUT2D eigenvalue weighted by Gasteiger charge is 2.45. The molecular formula is C45H56N4O12. The highest BCUT2D eigenvalue weighted by molar-refractivity contribution is 5.99. The van der Waals surface area contributed by atoms with E-state index in [4.69, 9.17) is 42.9 Å². The number of cyclic esters (lactones) is 1. The molecule has 0 spiro atoms. The number of amides is 1. The minimum atomic E-state index is -1.90. The lowest BCUT2D eigenvalue weighted by atomic mass is 9.86. The minimum absolute atomic E-state index is 0.0672. The first kappa shape index (κ1) is 45.3. The average Bonchev–Trinajstić information content (AvgIpc) is 3.64. The third-order valence-electron chi connectivity index (χ3n) is 10.4. The summed E-state index contributed by atoms with van der Waals surface area (Å²) in [6.07, 6.45) is 1.71. The zero-order valence-corrected chi connectivity index (χ0v) is 35.4. The molecule has 4 heterocycles. The number of aromatic nitrogens is 2. The molecule has 16 heteroatoms. The van der Waals surface area contributed by atoms with Crippen LogP contribution in [0.15, 0.2) is 58.4 Å². The van der Waals surface area contributed by atoms with E-state index in [1.54, 1.807) is 30.5 Å². The van der Waals surface area contributed by atoms with Crippen molar-refractivity contribution in [2.75, 3.05) is 79.3 Å². The molecule has 4 aromatic rings. The van der Waals surface area contributed by atoms with Gasteiger partial charge < -0.3 is 47.6 Å². The van der Waals surface area contributed by atoms with Crippen LogP contribution in [-0.2, 0) is 63.2 Å². The Bertz CT molecular complexity index is 2240. The van der Waals surface area contributed by atoms with E-state index < -0.39 is 17.5 Å². The summed E-state index contributed by atoms with van der Waals surface area (Å²) in [6.45, 7) is 13.0. The third-order valence-corrected chi connectivity index (χ3v) is 10.4. The van der Waals surface area contributed by atoms with Crippen LogP contribution < -0.4 is 20.5 Å². The quantitative estimate of drug-likeness (QED) is 0.0364. The van der Waals surface area contributed by atoms with Gasteiger partial charge in [0.1, 0.15) is 24.7 Å². The fourth-order valence-electron chi connectivity index (χ4n) is 7.18. The summed E-state index contributed by atoms with van der Waals surface area (Å²) in [7, 11) is 0. The van der Waals surface area contributed by atoms with Gasteiger partial charge in [-0.25, -0.2) is 15.2 Å². The van der Waals surface area contributed by atoms with Crippen LogP contribution >= 0.6 is 0 Å². The smallest absolute Gasteiger partial charge is 0.343 e. The number of hydrogen-bond donors (Lipinski definition) is 2. The molecule has 0 saturated heterocycles. The zero-order valence-electron chi connectivity index (χ0n) is 35.4. The van der Waals surface area contributed by atoms with Crippen molar-refractivity contribution in [2.24, 2.45) is 5.10 Å². The molecule has 0 bridgehead atoms. The molecule has 0 fully saturated rings. The largest absolute Gasteiger partial charge is 0.491 e. The van der Waals surface area contributed by atoms with E-state index >= 15 is 0 Å². The van der Waals surface area contributed by atoms with Crippen molar-refractivity contribution >= 4 is 28.5 Å². The fourth-order valence-corrected chi connectivity index (χ4v) is 7.18. The Balaban J connectivity index is 0.935. The number of hydrogen-bond acceptors (Lipinski definition) is 14.